The number of aryl methyl sites for hydroxylation is 2. The normalized spacial score (nSPS) is 17.3. The van der Waals surface area contributed by atoms with Crippen LogP contribution in [0.3, 0.4) is 0 Å². The van der Waals surface area contributed by atoms with Crippen molar-refractivity contribution in [2.75, 3.05) is 5.32 Å². The topological polar surface area (TPSA) is 62.2 Å². The van der Waals surface area contributed by atoms with Gasteiger partial charge < -0.3 is 10.4 Å². The first-order valence-electron chi connectivity index (χ1n) is 6.80. The van der Waals surface area contributed by atoms with Gasteiger partial charge in [-0.05, 0) is 43.9 Å². The number of hydrogen-bond donors (Lipinski definition) is 2. The first-order chi connectivity index (χ1) is 10.0. The molecule has 21 heavy (non-hydrogen) atoms. The van der Waals surface area contributed by atoms with Crippen LogP contribution in [0.1, 0.15) is 34.9 Å². The molecule has 1 aromatic heterocycles. The molecule has 6 heteroatoms. The van der Waals surface area contributed by atoms with Crippen LogP contribution in [0, 0.1) is 6.92 Å². The fourth-order valence-corrected chi connectivity index (χ4v) is 3.97. The third-order valence-corrected chi connectivity index (χ3v) is 5.58. The molecule has 1 aromatic carbocycles. The summed E-state index contributed by atoms with van der Waals surface area (Å²) in [6.45, 7) is 2.04. The number of hydrogen-bond acceptors (Lipinski definition) is 4. The van der Waals surface area contributed by atoms with Gasteiger partial charge >= 0.3 is 5.97 Å². The number of nitrogens with one attached hydrogen (secondary N) is 1. The van der Waals surface area contributed by atoms with E-state index >= 15 is 0 Å². The minimum atomic E-state index is -0.772. The number of halogens is 1. The zero-order valence-corrected chi connectivity index (χ0v) is 13.9. The van der Waals surface area contributed by atoms with E-state index < -0.39 is 11.9 Å². The molecule has 0 amide bonds. The van der Waals surface area contributed by atoms with Crippen molar-refractivity contribution in [3.63, 3.8) is 0 Å². The van der Waals surface area contributed by atoms with Gasteiger partial charge in [0.25, 0.3) is 0 Å². The number of thiazole rings is 1. The lowest BCUT2D eigenvalue weighted by atomic mass is 9.91. The first kappa shape index (κ1) is 14.5. The van der Waals surface area contributed by atoms with Gasteiger partial charge in [0.1, 0.15) is 5.92 Å². The number of anilines is 2. The highest BCUT2D eigenvalue weighted by atomic mass is 79.9. The third kappa shape index (κ3) is 2.96. The standard InChI is InChI=1S/C15H15BrN2O2S/c1-8-5-6-9(7-11(8)16)17-15-18-13-10(14(19)20)3-2-4-12(13)21-15/h5-7,10H,2-4H2,1H3,(H,17,18)(H,19,20). The van der Waals surface area contributed by atoms with E-state index in [4.69, 9.17) is 0 Å². The van der Waals surface area contributed by atoms with Crippen molar-refractivity contribution in [3.8, 4) is 0 Å². The molecule has 1 unspecified atom stereocenters. The smallest absolute Gasteiger partial charge is 0.312 e. The zero-order valence-electron chi connectivity index (χ0n) is 11.5. The van der Waals surface area contributed by atoms with Gasteiger partial charge in [-0.2, -0.15) is 0 Å². The maximum atomic E-state index is 11.3. The highest BCUT2D eigenvalue weighted by Crippen LogP contribution is 2.37. The van der Waals surface area contributed by atoms with Gasteiger partial charge in [-0.25, -0.2) is 4.98 Å². The summed E-state index contributed by atoms with van der Waals surface area (Å²) in [5, 5.41) is 13.3. The molecule has 0 saturated heterocycles. The highest BCUT2D eigenvalue weighted by Gasteiger charge is 2.29. The van der Waals surface area contributed by atoms with E-state index in [0.29, 0.717) is 6.42 Å². The van der Waals surface area contributed by atoms with Crippen molar-refractivity contribution >= 4 is 44.1 Å². The van der Waals surface area contributed by atoms with Gasteiger partial charge in [0.15, 0.2) is 5.13 Å². The number of carboxylic acids is 1. The number of nitrogens with zero attached hydrogens (tertiary/aromatic N) is 1. The fraction of sp³-hybridized carbons (Fsp3) is 0.333. The van der Waals surface area contributed by atoms with Crippen LogP contribution in [-0.2, 0) is 11.2 Å². The van der Waals surface area contributed by atoms with Crippen LogP contribution in [0.25, 0.3) is 0 Å². The number of aliphatic carboxylic acids is 1. The molecule has 1 aliphatic rings. The van der Waals surface area contributed by atoms with E-state index in [-0.39, 0.29) is 0 Å². The predicted octanol–water partition coefficient (Wildman–Crippen LogP) is 4.46. The van der Waals surface area contributed by atoms with Crippen LogP contribution in [-0.4, -0.2) is 16.1 Å². The summed E-state index contributed by atoms with van der Waals surface area (Å²) in [6, 6.07) is 6.03. The van der Waals surface area contributed by atoms with Gasteiger partial charge in [-0.15, -0.1) is 11.3 Å². The molecule has 1 aliphatic carbocycles. The van der Waals surface area contributed by atoms with Crippen molar-refractivity contribution in [2.45, 2.75) is 32.1 Å². The molecule has 0 spiro atoms. The number of carboxylic acid groups (broad SMARTS) is 1. The largest absolute Gasteiger partial charge is 0.481 e. The Balaban J connectivity index is 1.87. The Kier molecular flexibility index (Phi) is 3.99. The summed E-state index contributed by atoms with van der Waals surface area (Å²) in [7, 11) is 0. The SMILES string of the molecule is Cc1ccc(Nc2nc3c(s2)CCCC3C(=O)O)cc1Br. The summed E-state index contributed by atoms with van der Waals surface area (Å²) in [6.07, 6.45) is 2.53. The Morgan fingerprint density at radius 2 is 2.33 bits per heavy atom. The van der Waals surface area contributed by atoms with Gasteiger partial charge in [0, 0.05) is 15.0 Å². The van der Waals surface area contributed by atoms with E-state index in [1.54, 1.807) is 11.3 Å². The molecule has 4 nitrogen and oxygen atoms in total. The Morgan fingerprint density at radius 1 is 1.52 bits per heavy atom. The molecule has 0 aliphatic heterocycles. The third-order valence-electron chi connectivity index (χ3n) is 3.68. The van der Waals surface area contributed by atoms with Crippen molar-refractivity contribution < 1.29 is 9.90 Å². The van der Waals surface area contributed by atoms with E-state index in [1.807, 2.05) is 25.1 Å². The number of benzene rings is 1. The van der Waals surface area contributed by atoms with Gasteiger partial charge in [0.2, 0.25) is 0 Å². The molecular weight excluding hydrogens is 352 g/mol. The Bertz CT molecular complexity index is 699. The Hall–Kier alpha value is -1.40. The fourth-order valence-electron chi connectivity index (χ4n) is 2.51. The second-order valence-corrected chi connectivity index (χ2v) is 7.14. The minimum Gasteiger partial charge on any atom is -0.481 e. The van der Waals surface area contributed by atoms with Crippen molar-refractivity contribution in [3.05, 3.63) is 38.8 Å². The quantitative estimate of drug-likeness (QED) is 0.841. The van der Waals surface area contributed by atoms with Crippen LogP contribution >= 0.6 is 27.3 Å². The first-order valence-corrected chi connectivity index (χ1v) is 8.41. The number of aromatic nitrogens is 1. The molecule has 1 heterocycles. The van der Waals surface area contributed by atoms with Crippen LogP contribution in [0.2, 0.25) is 0 Å². The lowest BCUT2D eigenvalue weighted by Crippen LogP contribution is -2.17. The summed E-state index contributed by atoms with van der Waals surface area (Å²) >= 11 is 5.07. The monoisotopic (exact) mass is 366 g/mol. The maximum absolute atomic E-state index is 11.3. The van der Waals surface area contributed by atoms with Gasteiger partial charge in [-0.3, -0.25) is 4.79 Å². The Morgan fingerprint density at radius 3 is 3.05 bits per heavy atom. The molecule has 2 aromatic rings. The molecule has 110 valence electrons. The van der Waals surface area contributed by atoms with Crippen LogP contribution < -0.4 is 5.32 Å². The van der Waals surface area contributed by atoms with Crippen molar-refractivity contribution in [1.82, 2.24) is 4.98 Å². The summed E-state index contributed by atoms with van der Waals surface area (Å²) in [5.41, 5.74) is 2.86. The van der Waals surface area contributed by atoms with Crippen molar-refractivity contribution in [1.29, 1.82) is 0 Å². The lowest BCUT2D eigenvalue weighted by Gasteiger charge is -2.16. The molecular formula is C15H15BrN2O2S. The van der Waals surface area contributed by atoms with Gasteiger partial charge in [0.05, 0.1) is 5.69 Å². The van der Waals surface area contributed by atoms with Crippen LogP contribution in [0.5, 0.6) is 0 Å². The van der Waals surface area contributed by atoms with E-state index in [9.17, 15) is 9.90 Å². The van der Waals surface area contributed by atoms with Crippen LogP contribution in [0.15, 0.2) is 22.7 Å². The molecule has 2 N–H and O–H groups in total. The Labute approximate surface area is 135 Å². The van der Waals surface area contributed by atoms with Crippen molar-refractivity contribution in [2.24, 2.45) is 0 Å². The number of fused-ring (bicyclic) bond motifs is 1. The summed E-state index contributed by atoms with van der Waals surface area (Å²) in [4.78, 5) is 16.9. The molecule has 0 saturated carbocycles. The summed E-state index contributed by atoms with van der Waals surface area (Å²) in [5.74, 6) is -1.23. The minimum absolute atomic E-state index is 0.453. The molecule has 3 rings (SSSR count). The van der Waals surface area contributed by atoms with E-state index in [0.717, 1.165) is 38.7 Å². The average Bonchev–Trinajstić information content (AvgIpc) is 2.84. The second-order valence-electron chi connectivity index (χ2n) is 5.20. The van der Waals surface area contributed by atoms with E-state index in [1.165, 1.54) is 5.56 Å². The van der Waals surface area contributed by atoms with E-state index in [2.05, 4.69) is 26.2 Å². The van der Waals surface area contributed by atoms with Gasteiger partial charge in [-0.1, -0.05) is 22.0 Å². The molecule has 0 radical (unpaired) electrons. The maximum Gasteiger partial charge on any atom is 0.312 e. The predicted molar refractivity (Wildman–Crippen MR) is 87.6 cm³/mol. The van der Waals surface area contributed by atoms with Crippen LogP contribution in [0.4, 0.5) is 10.8 Å². The number of rotatable bonds is 3. The molecule has 1 atom stereocenters. The molecule has 0 bridgehead atoms. The zero-order chi connectivity index (χ0) is 15.0. The second kappa shape index (κ2) is 5.77. The summed E-state index contributed by atoms with van der Waals surface area (Å²) < 4.78 is 1.04. The number of carbonyl (C=O) groups is 1. The lowest BCUT2D eigenvalue weighted by molar-refractivity contribution is -0.139. The molecule has 0 fully saturated rings. The average molecular weight is 367 g/mol. The highest BCUT2D eigenvalue weighted by molar-refractivity contribution is 9.10.